The molecule has 21 heavy (non-hydrogen) atoms. The van der Waals surface area contributed by atoms with Crippen LogP contribution >= 0.6 is 0 Å². The minimum Gasteiger partial charge on any atom is -0.345 e. The number of carbonyl (C=O) groups excluding carboxylic acids is 1. The minimum atomic E-state index is -0.177. The summed E-state index contributed by atoms with van der Waals surface area (Å²) in [6.45, 7) is 2.42. The number of aryl methyl sites for hydroxylation is 1. The highest BCUT2D eigenvalue weighted by Crippen LogP contribution is 2.13. The van der Waals surface area contributed by atoms with Gasteiger partial charge >= 0.3 is 0 Å². The number of nitrogens with one attached hydrogen (secondary N) is 1. The van der Waals surface area contributed by atoms with Crippen LogP contribution in [0.25, 0.3) is 5.52 Å². The summed E-state index contributed by atoms with van der Waals surface area (Å²) >= 11 is 0. The topological polar surface area (TPSA) is 59.3 Å². The van der Waals surface area contributed by atoms with Crippen LogP contribution in [-0.4, -0.2) is 20.3 Å². The number of carbonyl (C=O) groups is 1. The number of rotatable bonds is 4. The number of nitrogens with zero attached hydrogens (tertiary/aromatic N) is 3. The maximum Gasteiger partial charge on any atom is 0.272 e. The first-order chi connectivity index (χ1) is 10.3. The summed E-state index contributed by atoms with van der Waals surface area (Å²) in [5, 5.41) is 2.87. The number of amides is 1. The average Bonchev–Trinajstić information content (AvgIpc) is 2.92. The summed E-state index contributed by atoms with van der Waals surface area (Å²) in [7, 11) is 0. The molecule has 1 N–H and O–H groups in total. The summed E-state index contributed by atoms with van der Waals surface area (Å²) in [5.41, 5.74) is 2.11. The van der Waals surface area contributed by atoms with Gasteiger partial charge in [-0.15, -0.1) is 0 Å². The van der Waals surface area contributed by atoms with Crippen LogP contribution in [0.5, 0.6) is 0 Å². The summed E-state index contributed by atoms with van der Waals surface area (Å²) in [4.78, 5) is 21.0. The Labute approximate surface area is 122 Å². The molecule has 0 unspecified atom stereocenters. The van der Waals surface area contributed by atoms with E-state index in [-0.39, 0.29) is 5.91 Å². The maximum absolute atomic E-state index is 12.3. The summed E-state index contributed by atoms with van der Waals surface area (Å²) in [5.74, 6) is 0.706. The third kappa shape index (κ3) is 2.63. The van der Waals surface area contributed by atoms with Gasteiger partial charge in [-0.2, -0.15) is 0 Å². The molecule has 0 saturated carbocycles. The molecule has 5 heteroatoms. The SMILES string of the molecule is CCc1nc(C(=O)NCc2ccccn2)c2ccccn12. The van der Waals surface area contributed by atoms with E-state index in [9.17, 15) is 4.79 Å². The van der Waals surface area contributed by atoms with Crippen LogP contribution < -0.4 is 5.32 Å². The fraction of sp³-hybridized carbons (Fsp3) is 0.188. The molecule has 0 spiro atoms. The first-order valence-corrected chi connectivity index (χ1v) is 6.93. The van der Waals surface area contributed by atoms with Crippen LogP contribution in [-0.2, 0) is 13.0 Å². The second-order valence-corrected chi connectivity index (χ2v) is 4.69. The molecule has 0 bridgehead atoms. The molecule has 1 amide bonds. The van der Waals surface area contributed by atoms with Crippen molar-refractivity contribution in [3.63, 3.8) is 0 Å². The molecule has 0 aliphatic rings. The number of imidazole rings is 1. The van der Waals surface area contributed by atoms with Gasteiger partial charge in [0.25, 0.3) is 5.91 Å². The van der Waals surface area contributed by atoms with Gasteiger partial charge in [-0.05, 0) is 24.3 Å². The van der Waals surface area contributed by atoms with Gasteiger partial charge in [-0.25, -0.2) is 4.98 Å². The van der Waals surface area contributed by atoms with Gasteiger partial charge in [0, 0.05) is 18.8 Å². The van der Waals surface area contributed by atoms with Crippen molar-refractivity contribution in [2.75, 3.05) is 0 Å². The van der Waals surface area contributed by atoms with E-state index < -0.39 is 0 Å². The summed E-state index contributed by atoms with van der Waals surface area (Å²) in [6, 6.07) is 11.4. The largest absolute Gasteiger partial charge is 0.345 e. The van der Waals surface area contributed by atoms with Crippen molar-refractivity contribution in [3.8, 4) is 0 Å². The van der Waals surface area contributed by atoms with Crippen molar-refractivity contribution in [2.24, 2.45) is 0 Å². The zero-order chi connectivity index (χ0) is 14.7. The molecule has 0 saturated heterocycles. The Hall–Kier alpha value is -2.69. The fourth-order valence-corrected chi connectivity index (χ4v) is 2.28. The molecule has 5 nitrogen and oxygen atoms in total. The lowest BCUT2D eigenvalue weighted by Gasteiger charge is -2.03. The van der Waals surface area contributed by atoms with Crippen LogP contribution in [0.3, 0.4) is 0 Å². The van der Waals surface area contributed by atoms with Gasteiger partial charge in [0.15, 0.2) is 5.69 Å². The van der Waals surface area contributed by atoms with E-state index in [4.69, 9.17) is 0 Å². The fourth-order valence-electron chi connectivity index (χ4n) is 2.28. The molecule has 0 aromatic carbocycles. The molecule has 3 heterocycles. The minimum absolute atomic E-state index is 0.177. The third-order valence-corrected chi connectivity index (χ3v) is 3.31. The Morgan fingerprint density at radius 1 is 1.24 bits per heavy atom. The van der Waals surface area contributed by atoms with Gasteiger partial charge < -0.3 is 9.72 Å². The maximum atomic E-state index is 12.3. The molecule has 0 aliphatic heterocycles. The van der Waals surface area contributed by atoms with Crippen LogP contribution in [0.1, 0.15) is 28.9 Å². The highest BCUT2D eigenvalue weighted by Gasteiger charge is 2.16. The van der Waals surface area contributed by atoms with E-state index >= 15 is 0 Å². The quantitative estimate of drug-likeness (QED) is 0.797. The Morgan fingerprint density at radius 3 is 2.86 bits per heavy atom. The molecular formula is C16H16N4O. The number of pyridine rings is 2. The highest BCUT2D eigenvalue weighted by atomic mass is 16.1. The zero-order valence-electron chi connectivity index (χ0n) is 11.8. The third-order valence-electron chi connectivity index (χ3n) is 3.31. The second-order valence-electron chi connectivity index (χ2n) is 4.69. The van der Waals surface area contributed by atoms with Gasteiger partial charge in [-0.3, -0.25) is 9.78 Å². The van der Waals surface area contributed by atoms with Gasteiger partial charge in [0.1, 0.15) is 5.82 Å². The van der Waals surface area contributed by atoms with Crippen molar-refractivity contribution < 1.29 is 4.79 Å². The summed E-state index contributed by atoms with van der Waals surface area (Å²) < 4.78 is 1.95. The molecule has 3 rings (SSSR count). The van der Waals surface area contributed by atoms with Gasteiger partial charge in [0.05, 0.1) is 17.8 Å². The number of fused-ring (bicyclic) bond motifs is 1. The first kappa shape index (κ1) is 13.3. The van der Waals surface area contributed by atoms with Crippen LogP contribution in [0, 0.1) is 0 Å². The standard InChI is InChI=1S/C16H16N4O/c1-2-14-19-15(13-8-4-6-10-20(13)14)16(21)18-11-12-7-3-5-9-17-12/h3-10H,2,11H2,1H3,(H,18,21). The van der Waals surface area contributed by atoms with Crippen molar-refractivity contribution in [1.82, 2.24) is 19.7 Å². The molecule has 3 aromatic heterocycles. The van der Waals surface area contributed by atoms with Crippen molar-refractivity contribution >= 4 is 11.4 Å². The molecule has 0 radical (unpaired) electrons. The Kier molecular flexibility index (Phi) is 3.64. The van der Waals surface area contributed by atoms with E-state index in [2.05, 4.69) is 15.3 Å². The predicted octanol–water partition coefficient (Wildman–Crippen LogP) is 2.22. The Bertz CT molecular complexity index is 764. The smallest absolute Gasteiger partial charge is 0.272 e. The van der Waals surface area contributed by atoms with Crippen LogP contribution in [0.2, 0.25) is 0 Å². The van der Waals surface area contributed by atoms with E-state index in [1.165, 1.54) is 0 Å². The molecule has 0 atom stereocenters. The summed E-state index contributed by atoms with van der Waals surface area (Å²) in [6.07, 6.45) is 4.41. The van der Waals surface area contributed by atoms with Gasteiger partial charge in [0.2, 0.25) is 0 Å². The average molecular weight is 280 g/mol. The number of aromatic nitrogens is 3. The van der Waals surface area contributed by atoms with E-state index in [0.717, 1.165) is 23.5 Å². The van der Waals surface area contributed by atoms with Crippen LogP contribution in [0.15, 0.2) is 48.8 Å². The number of hydrogen-bond donors (Lipinski definition) is 1. The first-order valence-electron chi connectivity index (χ1n) is 6.93. The van der Waals surface area contributed by atoms with Crippen molar-refractivity contribution in [3.05, 3.63) is 66.0 Å². The molecule has 106 valence electrons. The van der Waals surface area contributed by atoms with Crippen molar-refractivity contribution in [2.45, 2.75) is 19.9 Å². The molecule has 3 aromatic rings. The molecule has 0 fully saturated rings. The Morgan fingerprint density at radius 2 is 2.10 bits per heavy atom. The lowest BCUT2D eigenvalue weighted by Crippen LogP contribution is -2.23. The van der Waals surface area contributed by atoms with E-state index in [1.54, 1.807) is 6.20 Å². The monoisotopic (exact) mass is 280 g/mol. The van der Waals surface area contributed by atoms with E-state index in [0.29, 0.717) is 12.2 Å². The Balaban J connectivity index is 1.85. The normalized spacial score (nSPS) is 10.7. The van der Waals surface area contributed by atoms with Gasteiger partial charge in [-0.1, -0.05) is 19.1 Å². The lowest BCUT2D eigenvalue weighted by atomic mass is 10.3. The molecular weight excluding hydrogens is 264 g/mol. The predicted molar refractivity (Wildman–Crippen MR) is 80.0 cm³/mol. The second kappa shape index (κ2) is 5.75. The lowest BCUT2D eigenvalue weighted by molar-refractivity contribution is 0.0947. The molecule has 0 aliphatic carbocycles. The number of hydrogen-bond acceptors (Lipinski definition) is 3. The highest BCUT2D eigenvalue weighted by molar-refractivity contribution is 5.99. The van der Waals surface area contributed by atoms with Crippen LogP contribution in [0.4, 0.5) is 0 Å². The zero-order valence-corrected chi connectivity index (χ0v) is 11.8. The van der Waals surface area contributed by atoms with E-state index in [1.807, 2.05) is 53.9 Å². The van der Waals surface area contributed by atoms with Crippen molar-refractivity contribution in [1.29, 1.82) is 0 Å².